The summed E-state index contributed by atoms with van der Waals surface area (Å²) in [7, 11) is 0. The number of nitrogens with one attached hydrogen (secondary N) is 1. The molecule has 0 bridgehead atoms. The Morgan fingerprint density at radius 2 is 1.30 bits per heavy atom. The second kappa shape index (κ2) is 10.6. The van der Waals surface area contributed by atoms with E-state index >= 15 is 0 Å². The monoisotopic (exact) mass is 284 g/mol. The summed E-state index contributed by atoms with van der Waals surface area (Å²) >= 11 is 0. The number of hydrogen-bond donors (Lipinski definition) is 1. The van der Waals surface area contributed by atoms with Crippen LogP contribution >= 0.6 is 0 Å². The van der Waals surface area contributed by atoms with Crippen molar-refractivity contribution in [3.8, 4) is 0 Å². The van der Waals surface area contributed by atoms with Gasteiger partial charge in [0.05, 0.1) is 0 Å². The summed E-state index contributed by atoms with van der Waals surface area (Å²) in [6.07, 6.45) is 3.89. The van der Waals surface area contributed by atoms with Crippen LogP contribution in [-0.2, 0) is 0 Å². The molecule has 0 aromatic carbocycles. The van der Waals surface area contributed by atoms with Gasteiger partial charge >= 0.3 is 0 Å². The molecule has 0 fully saturated rings. The zero-order chi connectivity index (χ0) is 15.6. The number of nitrogens with zero attached hydrogens (tertiary/aromatic N) is 1. The van der Waals surface area contributed by atoms with Crippen molar-refractivity contribution in [1.82, 2.24) is 10.2 Å². The van der Waals surface area contributed by atoms with E-state index < -0.39 is 0 Å². The van der Waals surface area contributed by atoms with Gasteiger partial charge in [-0.15, -0.1) is 0 Å². The van der Waals surface area contributed by atoms with Crippen LogP contribution < -0.4 is 5.32 Å². The molecule has 20 heavy (non-hydrogen) atoms. The normalized spacial score (nSPS) is 12.9. The molecule has 0 aromatic rings. The molecule has 2 heteroatoms. The quantitative estimate of drug-likeness (QED) is 0.566. The predicted octanol–water partition coefficient (Wildman–Crippen LogP) is 4.41. The van der Waals surface area contributed by atoms with Crippen LogP contribution in [0.5, 0.6) is 0 Å². The van der Waals surface area contributed by atoms with Crippen molar-refractivity contribution < 1.29 is 0 Å². The summed E-state index contributed by atoms with van der Waals surface area (Å²) in [5.74, 6) is 1.62. The van der Waals surface area contributed by atoms with Crippen molar-refractivity contribution in [2.45, 2.75) is 67.7 Å². The van der Waals surface area contributed by atoms with Crippen LogP contribution in [0.1, 0.15) is 67.7 Å². The van der Waals surface area contributed by atoms with Gasteiger partial charge in [0.25, 0.3) is 0 Å². The molecule has 0 atom stereocenters. The molecular formula is C18H40N2. The van der Waals surface area contributed by atoms with Gasteiger partial charge in [0, 0.05) is 13.1 Å². The van der Waals surface area contributed by atoms with Crippen molar-refractivity contribution in [2.24, 2.45) is 17.3 Å². The Hall–Kier alpha value is -0.0800. The number of hydrogen-bond acceptors (Lipinski definition) is 2. The van der Waals surface area contributed by atoms with Gasteiger partial charge < -0.3 is 10.2 Å². The minimum Gasteiger partial charge on any atom is -0.315 e. The summed E-state index contributed by atoms with van der Waals surface area (Å²) < 4.78 is 0. The fourth-order valence-corrected chi connectivity index (χ4v) is 2.04. The molecule has 0 amide bonds. The predicted molar refractivity (Wildman–Crippen MR) is 92.3 cm³/mol. The standard InChI is InChI=1S/C18H40N2/c1-16(2)8-13-20(14-9-17(3)4)15-12-19-11-10-18(5,6)7/h16-17,19H,8-15H2,1-7H3. The molecular weight excluding hydrogens is 244 g/mol. The Labute approximate surface area is 128 Å². The zero-order valence-electron chi connectivity index (χ0n) is 15.3. The first-order valence-electron chi connectivity index (χ1n) is 8.64. The van der Waals surface area contributed by atoms with Gasteiger partial charge in [-0.1, -0.05) is 48.5 Å². The molecule has 0 heterocycles. The summed E-state index contributed by atoms with van der Waals surface area (Å²) in [5, 5.41) is 3.61. The van der Waals surface area contributed by atoms with Crippen LogP contribution in [0.3, 0.4) is 0 Å². The lowest BCUT2D eigenvalue weighted by atomic mass is 9.92. The van der Waals surface area contributed by atoms with Gasteiger partial charge in [-0.2, -0.15) is 0 Å². The maximum Gasteiger partial charge on any atom is 0.0107 e. The van der Waals surface area contributed by atoms with E-state index in [-0.39, 0.29) is 0 Å². The van der Waals surface area contributed by atoms with Crippen LogP contribution in [0.4, 0.5) is 0 Å². The Morgan fingerprint density at radius 3 is 1.70 bits per heavy atom. The van der Waals surface area contributed by atoms with Gasteiger partial charge in [0.15, 0.2) is 0 Å². The molecule has 0 spiro atoms. The smallest absolute Gasteiger partial charge is 0.0107 e. The third-order valence-corrected chi connectivity index (χ3v) is 3.70. The van der Waals surface area contributed by atoms with E-state index in [1.165, 1.54) is 38.9 Å². The van der Waals surface area contributed by atoms with Gasteiger partial charge in [0.2, 0.25) is 0 Å². The van der Waals surface area contributed by atoms with Gasteiger partial charge in [-0.3, -0.25) is 0 Å². The lowest BCUT2D eigenvalue weighted by Crippen LogP contribution is -2.35. The third-order valence-electron chi connectivity index (χ3n) is 3.70. The molecule has 0 radical (unpaired) electrons. The molecule has 0 aromatic heterocycles. The first-order valence-corrected chi connectivity index (χ1v) is 8.64. The van der Waals surface area contributed by atoms with E-state index in [0.29, 0.717) is 5.41 Å². The highest BCUT2D eigenvalue weighted by Crippen LogP contribution is 2.16. The Bertz CT molecular complexity index is 204. The summed E-state index contributed by atoms with van der Waals surface area (Å²) in [5.41, 5.74) is 0.446. The van der Waals surface area contributed by atoms with Crippen LogP contribution in [0.2, 0.25) is 0 Å². The Kier molecular flexibility index (Phi) is 10.6. The van der Waals surface area contributed by atoms with E-state index in [9.17, 15) is 0 Å². The molecule has 122 valence electrons. The van der Waals surface area contributed by atoms with Crippen molar-refractivity contribution in [1.29, 1.82) is 0 Å². The third kappa shape index (κ3) is 14.3. The van der Waals surface area contributed by atoms with Gasteiger partial charge in [0.1, 0.15) is 0 Å². The number of rotatable bonds is 11. The highest BCUT2D eigenvalue weighted by atomic mass is 15.1. The highest BCUT2D eigenvalue weighted by molar-refractivity contribution is 4.66. The van der Waals surface area contributed by atoms with Crippen molar-refractivity contribution in [3.63, 3.8) is 0 Å². The minimum atomic E-state index is 0.446. The van der Waals surface area contributed by atoms with Crippen LogP contribution in [0.25, 0.3) is 0 Å². The van der Waals surface area contributed by atoms with Crippen LogP contribution in [0.15, 0.2) is 0 Å². The van der Waals surface area contributed by atoms with E-state index in [4.69, 9.17) is 0 Å². The second-order valence-corrected chi connectivity index (χ2v) is 8.27. The van der Waals surface area contributed by atoms with E-state index in [0.717, 1.165) is 24.9 Å². The SMILES string of the molecule is CC(C)CCN(CCNCCC(C)(C)C)CCC(C)C. The highest BCUT2D eigenvalue weighted by Gasteiger charge is 2.10. The first-order chi connectivity index (χ1) is 9.20. The summed E-state index contributed by atoms with van der Waals surface area (Å²) in [6, 6.07) is 0. The average Bonchev–Trinajstić information content (AvgIpc) is 2.29. The van der Waals surface area contributed by atoms with Crippen molar-refractivity contribution in [3.05, 3.63) is 0 Å². The molecule has 2 nitrogen and oxygen atoms in total. The molecule has 0 unspecified atom stereocenters. The molecule has 0 aliphatic carbocycles. The molecule has 0 saturated carbocycles. The van der Waals surface area contributed by atoms with E-state index in [2.05, 4.69) is 58.7 Å². The lowest BCUT2D eigenvalue weighted by Gasteiger charge is -2.25. The topological polar surface area (TPSA) is 15.3 Å². The lowest BCUT2D eigenvalue weighted by molar-refractivity contribution is 0.241. The molecule has 0 rings (SSSR count). The van der Waals surface area contributed by atoms with Crippen molar-refractivity contribution >= 4 is 0 Å². The van der Waals surface area contributed by atoms with Gasteiger partial charge in [-0.05, 0) is 56.1 Å². The van der Waals surface area contributed by atoms with E-state index in [1.807, 2.05) is 0 Å². The maximum atomic E-state index is 3.61. The largest absolute Gasteiger partial charge is 0.315 e. The van der Waals surface area contributed by atoms with E-state index in [1.54, 1.807) is 0 Å². The summed E-state index contributed by atoms with van der Waals surface area (Å²) in [4.78, 5) is 2.64. The zero-order valence-corrected chi connectivity index (χ0v) is 15.3. The Balaban J connectivity index is 3.84. The molecule has 0 aliphatic heterocycles. The van der Waals surface area contributed by atoms with Crippen molar-refractivity contribution in [2.75, 3.05) is 32.7 Å². The maximum absolute atomic E-state index is 3.61. The van der Waals surface area contributed by atoms with Gasteiger partial charge in [-0.25, -0.2) is 0 Å². The van der Waals surface area contributed by atoms with Crippen LogP contribution in [-0.4, -0.2) is 37.6 Å². The Morgan fingerprint density at radius 1 is 0.800 bits per heavy atom. The average molecular weight is 285 g/mol. The fourth-order valence-electron chi connectivity index (χ4n) is 2.04. The molecule has 0 saturated heterocycles. The molecule has 1 N–H and O–H groups in total. The molecule has 0 aliphatic rings. The minimum absolute atomic E-state index is 0.446. The first kappa shape index (κ1) is 19.9. The second-order valence-electron chi connectivity index (χ2n) is 8.27. The fraction of sp³-hybridized carbons (Fsp3) is 1.00. The summed E-state index contributed by atoms with van der Waals surface area (Å²) in [6.45, 7) is 22.2. The van der Waals surface area contributed by atoms with Crippen LogP contribution in [0, 0.1) is 17.3 Å².